The number of aromatic carboxylic acids is 1. The van der Waals surface area contributed by atoms with E-state index in [4.69, 9.17) is 5.11 Å². The first-order valence-electron chi connectivity index (χ1n) is 5.85. The molecular formula is C12H11F5N2O3. The van der Waals surface area contributed by atoms with Crippen LogP contribution in [0.5, 0.6) is 0 Å². The number of aromatic nitrogens is 1. The quantitative estimate of drug-likeness (QED) is 0.510. The molecule has 0 unspecified atom stereocenters. The minimum Gasteiger partial charge on any atom is -0.486 e. The summed E-state index contributed by atoms with van der Waals surface area (Å²) in [4.78, 5) is 17.4. The summed E-state index contributed by atoms with van der Waals surface area (Å²) in [5.74, 6) is -1.92. The molecule has 0 spiro atoms. The average Bonchev–Trinajstić information content (AvgIpc) is 2.41. The molecule has 0 bridgehead atoms. The third-order valence-corrected chi connectivity index (χ3v) is 2.63. The van der Waals surface area contributed by atoms with Gasteiger partial charge in [-0.25, -0.2) is 23.6 Å². The van der Waals surface area contributed by atoms with E-state index in [1.54, 1.807) is 0 Å². The summed E-state index contributed by atoms with van der Waals surface area (Å²) in [5, 5.41) is 9.01. The van der Waals surface area contributed by atoms with Crippen molar-refractivity contribution >= 4 is 18.1 Å². The fourth-order valence-electron chi connectivity index (χ4n) is 1.83. The molecule has 0 aliphatic rings. The molecule has 0 saturated heterocycles. The van der Waals surface area contributed by atoms with Crippen LogP contribution in [0.2, 0.25) is 0 Å². The molecule has 10 heteroatoms. The number of carboxylic acid groups (broad SMARTS) is 1. The molecule has 0 aliphatic carbocycles. The predicted molar refractivity (Wildman–Crippen MR) is 65.7 cm³/mol. The van der Waals surface area contributed by atoms with Gasteiger partial charge in [0.15, 0.2) is 12.1 Å². The maximum absolute atomic E-state index is 13.0. The van der Waals surface area contributed by atoms with Gasteiger partial charge in [0.1, 0.15) is 5.69 Å². The predicted octanol–water partition coefficient (Wildman–Crippen LogP) is 3.60. The van der Waals surface area contributed by atoms with E-state index < -0.39 is 46.8 Å². The van der Waals surface area contributed by atoms with E-state index in [9.17, 15) is 26.7 Å². The van der Waals surface area contributed by atoms with E-state index in [1.165, 1.54) is 6.92 Å². The maximum Gasteiger partial charge on any atom is 0.434 e. The van der Waals surface area contributed by atoms with Gasteiger partial charge in [0.05, 0.1) is 18.4 Å². The summed E-state index contributed by atoms with van der Waals surface area (Å²) < 4.78 is 69.2. The second-order valence-corrected chi connectivity index (χ2v) is 3.98. The van der Waals surface area contributed by atoms with E-state index >= 15 is 0 Å². The normalized spacial score (nSPS) is 12.2. The van der Waals surface area contributed by atoms with Crippen molar-refractivity contribution in [1.82, 2.24) is 4.98 Å². The number of pyridine rings is 1. The van der Waals surface area contributed by atoms with Gasteiger partial charge in [-0.15, -0.1) is 0 Å². The van der Waals surface area contributed by atoms with Gasteiger partial charge in [0, 0.05) is 0 Å². The van der Waals surface area contributed by atoms with Crippen LogP contribution in [0.15, 0.2) is 4.99 Å². The van der Waals surface area contributed by atoms with Crippen LogP contribution in [0, 0.1) is 0 Å². The third kappa shape index (κ3) is 3.49. The molecule has 1 aromatic rings. The van der Waals surface area contributed by atoms with E-state index in [1.807, 2.05) is 0 Å². The minimum absolute atomic E-state index is 0.261. The molecular weight excluding hydrogens is 315 g/mol. The lowest BCUT2D eigenvalue weighted by atomic mass is 9.99. The molecule has 0 fully saturated rings. The summed E-state index contributed by atoms with van der Waals surface area (Å²) in [7, 11) is 1.15. The van der Waals surface area contributed by atoms with E-state index in [0.717, 1.165) is 7.11 Å². The number of alkyl halides is 5. The van der Waals surface area contributed by atoms with Crippen molar-refractivity contribution in [3.63, 3.8) is 0 Å². The number of carboxylic acids is 1. The number of halogens is 5. The number of aliphatic imine (C=N–C) groups is 1. The van der Waals surface area contributed by atoms with Gasteiger partial charge >= 0.3 is 12.1 Å². The zero-order valence-electron chi connectivity index (χ0n) is 11.4. The van der Waals surface area contributed by atoms with Gasteiger partial charge in [0.2, 0.25) is 0 Å². The molecule has 22 heavy (non-hydrogen) atoms. The van der Waals surface area contributed by atoms with Crippen LogP contribution in [-0.2, 0) is 17.3 Å². The van der Waals surface area contributed by atoms with Crippen molar-refractivity contribution < 1.29 is 36.6 Å². The van der Waals surface area contributed by atoms with Crippen LogP contribution in [0.1, 0.15) is 40.7 Å². The van der Waals surface area contributed by atoms with E-state index in [-0.39, 0.29) is 6.42 Å². The number of carbonyl (C=O) groups is 1. The lowest BCUT2D eigenvalue weighted by Gasteiger charge is -2.17. The number of methoxy groups -OCH3 is 1. The summed E-state index contributed by atoms with van der Waals surface area (Å²) in [6, 6.07) is 0. The number of rotatable bonds is 5. The van der Waals surface area contributed by atoms with Crippen LogP contribution in [-0.4, -0.2) is 29.6 Å². The molecule has 0 saturated carbocycles. The van der Waals surface area contributed by atoms with E-state index in [2.05, 4.69) is 14.7 Å². The molecule has 0 radical (unpaired) electrons. The Hall–Kier alpha value is -2.26. The number of hydrogen-bond acceptors (Lipinski definition) is 4. The Morgan fingerprint density at radius 3 is 2.41 bits per heavy atom. The molecule has 1 rings (SSSR count). The number of nitrogens with zero attached hydrogens (tertiary/aromatic N) is 2. The van der Waals surface area contributed by atoms with Crippen LogP contribution in [0.4, 0.5) is 27.6 Å². The first kappa shape index (κ1) is 17.8. The van der Waals surface area contributed by atoms with Crippen molar-refractivity contribution in [3.8, 4) is 0 Å². The minimum atomic E-state index is -5.19. The highest BCUT2D eigenvalue weighted by Gasteiger charge is 2.41. The van der Waals surface area contributed by atoms with Crippen molar-refractivity contribution in [1.29, 1.82) is 0 Å². The Morgan fingerprint density at radius 1 is 1.45 bits per heavy atom. The maximum atomic E-state index is 13.0. The molecule has 1 N–H and O–H groups in total. The second kappa shape index (κ2) is 6.67. The van der Waals surface area contributed by atoms with Crippen LogP contribution in [0.3, 0.4) is 0 Å². The van der Waals surface area contributed by atoms with Crippen molar-refractivity contribution in [3.05, 3.63) is 22.5 Å². The molecule has 5 nitrogen and oxygen atoms in total. The Balaban J connectivity index is 3.89. The molecule has 0 aliphatic heterocycles. The highest BCUT2D eigenvalue weighted by atomic mass is 19.4. The molecule has 1 heterocycles. The smallest absolute Gasteiger partial charge is 0.434 e. The summed E-state index contributed by atoms with van der Waals surface area (Å²) in [5.41, 5.74) is -5.43. The van der Waals surface area contributed by atoms with Crippen LogP contribution < -0.4 is 0 Å². The van der Waals surface area contributed by atoms with Gasteiger partial charge in [-0.1, -0.05) is 6.92 Å². The van der Waals surface area contributed by atoms with E-state index in [0.29, 0.717) is 6.40 Å². The fourth-order valence-corrected chi connectivity index (χ4v) is 1.83. The lowest BCUT2D eigenvalue weighted by molar-refractivity contribution is -0.142. The average molecular weight is 326 g/mol. The monoisotopic (exact) mass is 326 g/mol. The van der Waals surface area contributed by atoms with Gasteiger partial charge in [-0.3, -0.25) is 0 Å². The van der Waals surface area contributed by atoms with Gasteiger partial charge in [-0.2, -0.15) is 13.2 Å². The Labute approximate surface area is 121 Å². The zero-order valence-corrected chi connectivity index (χ0v) is 11.4. The van der Waals surface area contributed by atoms with Gasteiger partial charge in [-0.05, 0) is 12.0 Å². The summed E-state index contributed by atoms with van der Waals surface area (Å²) in [6.07, 6.45) is -8.10. The summed E-state index contributed by atoms with van der Waals surface area (Å²) >= 11 is 0. The topological polar surface area (TPSA) is 71.8 Å². The highest BCUT2D eigenvalue weighted by molar-refractivity contribution is 5.93. The lowest BCUT2D eigenvalue weighted by Crippen LogP contribution is -2.19. The van der Waals surface area contributed by atoms with Gasteiger partial charge in [0.25, 0.3) is 6.43 Å². The SMILES string of the molecule is CCc1c(N=COC)c(C(F)F)nc(C(F)(F)F)c1C(=O)O. The first-order chi connectivity index (χ1) is 10.1. The Bertz CT molecular complexity index is 599. The standard InChI is InChI=1S/C12H11F5N2O3/c1-3-5-6(11(20)21)9(12(15,16)17)19-8(10(13)14)7(5)18-4-22-2/h4,10H,3H2,1-2H3,(H,20,21). The highest BCUT2D eigenvalue weighted by Crippen LogP contribution is 2.40. The van der Waals surface area contributed by atoms with Crippen molar-refractivity contribution in [2.45, 2.75) is 25.9 Å². The van der Waals surface area contributed by atoms with Crippen molar-refractivity contribution in [2.24, 2.45) is 4.99 Å². The molecule has 0 aromatic carbocycles. The summed E-state index contributed by atoms with van der Waals surface area (Å²) in [6.45, 7) is 1.32. The zero-order chi connectivity index (χ0) is 17.1. The largest absolute Gasteiger partial charge is 0.486 e. The van der Waals surface area contributed by atoms with Gasteiger partial charge < -0.3 is 9.84 Å². The Kier molecular flexibility index (Phi) is 5.39. The molecule has 0 amide bonds. The molecule has 1 aromatic heterocycles. The Morgan fingerprint density at radius 2 is 2.05 bits per heavy atom. The fraction of sp³-hybridized carbons (Fsp3) is 0.417. The van der Waals surface area contributed by atoms with Crippen LogP contribution >= 0.6 is 0 Å². The first-order valence-corrected chi connectivity index (χ1v) is 5.85. The molecule has 122 valence electrons. The van der Waals surface area contributed by atoms with Crippen molar-refractivity contribution in [2.75, 3.05) is 7.11 Å². The third-order valence-electron chi connectivity index (χ3n) is 2.63. The van der Waals surface area contributed by atoms with Crippen LogP contribution in [0.25, 0.3) is 0 Å². The second-order valence-electron chi connectivity index (χ2n) is 3.98. The number of ether oxygens (including phenoxy) is 1. The molecule has 0 atom stereocenters. The number of hydrogen-bond donors (Lipinski definition) is 1.